The first kappa shape index (κ1) is 18.7. The number of benzene rings is 1. The first-order valence-corrected chi connectivity index (χ1v) is 10.3. The van der Waals surface area contributed by atoms with E-state index in [0.29, 0.717) is 6.04 Å². The van der Waals surface area contributed by atoms with E-state index in [1.54, 1.807) is 0 Å². The Bertz CT molecular complexity index is 767. The summed E-state index contributed by atoms with van der Waals surface area (Å²) in [6.45, 7) is 4.17. The quantitative estimate of drug-likeness (QED) is 0.845. The van der Waals surface area contributed by atoms with Crippen molar-refractivity contribution >= 4 is 17.5 Å². The highest BCUT2D eigenvalue weighted by molar-refractivity contribution is 6.31. The molecule has 144 valence electrons. The molecule has 0 bridgehead atoms. The Balaban J connectivity index is 1.64. The second kappa shape index (κ2) is 8.13. The molecule has 0 unspecified atom stereocenters. The number of nitrogens with zero attached hydrogens (tertiary/aromatic N) is 3. The van der Waals surface area contributed by atoms with Gasteiger partial charge in [-0.1, -0.05) is 29.8 Å². The molecule has 1 aromatic carbocycles. The molecule has 0 spiro atoms. The minimum atomic E-state index is -0.157. The van der Waals surface area contributed by atoms with Crippen LogP contribution in [-0.4, -0.2) is 54.1 Å². The Kier molecular flexibility index (Phi) is 5.62. The van der Waals surface area contributed by atoms with Crippen molar-refractivity contribution in [3.8, 4) is 0 Å². The summed E-state index contributed by atoms with van der Waals surface area (Å²) in [7, 11) is 2.18. The van der Waals surface area contributed by atoms with Gasteiger partial charge in [0.05, 0.1) is 5.69 Å². The van der Waals surface area contributed by atoms with Gasteiger partial charge in [0.25, 0.3) is 0 Å². The van der Waals surface area contributed by atoms with E-state index in [2.05, 4.69) is 45.8 Å². The zero-order valence-electron chi connectivity index (χ0n) is 15.9. The van der Waals surface area contributed by atoms with E-state index in [1.165, 1.54) is 5.56 Å². The van der Waals surface area contributed by atoms with Crippen LogP contribution in [0, 0.1) is 0 Å². The van der Waals surface area contributed by atoms with Crippen molar-refractivity contribution in [2.75, 3.05) is 38.5 Å². The van der Waals surface area contributed by atoms with Gasteiger partial charge in [-0.05, 0) is 76.6 Å². The monoisotopic (exact) mass is 385 g/mol. The van der Waals surface area contributed by atoms with Gasteiger partial charge in [-0.15, -0.1) is 0 Å². The highest BCUT2D eigenvalue weighted by atomic mass is 35.5. The van der Waals surface area contributed by atoms with E-state index in [1.807, 2.05) is 18.3 Å². The van der Waals surface area contributed by atoms with E-state index >= 15 is 0 Å². The molecule has 0 radical (unpaired) electrons. The molecule has 3 heterocycles. The summed E-state index contributed by atoms with van der Waals surface area (Å²) in [6, 6.07) is 10.7. The maximum Gasteiger partial charge on any atom is 0.223 e. The Labute approximate surface area is 166 Å². The molecule has 2 fully saturated rings. The van der Waals surface area contributed by atoms with Gasteiger partial charge in [0, 0.05) is 22.7 Å². The number of anilines is 1. The largest absolute Gasteiger partial charge is 0.351 e. The van der Waals surface area contributed by atoms with Crippen LogP contribution >= 0.6 is 11.6 Å². The van der Waals surface area contributed by atoms with Crippen LogP contribution in [0.1, 0.15) is 36.9 Å². The number of halogens is 1. The number of rotatable bonds is 4. The van der Waals surface area contributed by atoms with Crippen LogP contribution in [0.15, 0.2) is 36.5 Å². The number of hydrogen-bond acceptors (Lipinski definition) is 5. The molecule has 0 saturated carbocycles. The minimum Gasteiger partial charge on any atom is -0.351 e. The van der Waals surface area contributed by atoms with Gasteiger partial charge in [-0.2, -0.15) is 0 Å². The van der Waals surface area contributed by atoms with Crippen molar-refractivity contribution < 1.29 is 0 Å². The fourth-order valence-corrected chi connectivity index (χ4v) is 4.71. The molecular weight excluding hydrogens is 358 g/mol. The summed E-state index contributed by atoms with van der Waals surface area (Å²) in [6.07, 6.45) is 6.12. The first-order chi connectivity index (χ1) is 13.2. The summed E-state index contributed by atoms with van der Waals surface area (Å²) < 4.78 is 0. The fourth-order valence-electron chi connectivity index (χ4n) is 4.40. The molecule has 27 heavy (non-hydrogen) atoms. The summed E-state index contributed by atoms with van der Waals surface area (Å²) in [5, 5.41) is 7.86. The number of likely N-dealkylation sites (tertiary alicyclic amines) is 1. The van der Waals surface area contributed by atoms with Crippen LogP contribution < -0.4 is 10.6 Å². The Morgan fingerprint density at radius 1 is 1.15 bits per heavy atom. The van der Waals surface area contributed by atoms with Gasteiger partial charge in [-0.3, -0.25) is 0 Å². The fraction of sp³-hybridized carbons (Fsp3) is 0.524. The Morgan fingerprint density at radius 3 is 2.63 bits per heavy atom. The maximum atomic E-state index is 6.62. The van der Waals surface area contributed by atoms with Crippen LogP contribution in [0.2, 0.25) is 5.02 Å². The Morgan fingerprint density at radius 2 is 1.89 bits per heavy atom. The lowest BCUT2D eigenvalue weighted by Crippen LogP contribution is -2.42. The van der Waals surface area contributed by atoms with Gasteiger partial charge in [0.1, 0.15) is 0 Å². The zero-order valence-corrected chi connectivity index (χ0v) is 16.7. The molecule has 6 heteroatoms. The van der Waals surface area contributed by atoms with Crippen LogP contribution in [0.25, 0.3) is 0 Å². The molecule has 4 rings (SSSR count). The first-order valence-electron chi connectivity index (χ1n) is 9.92. The predicted octanol–water partition coefficient (Wildman–Crippen LogP) is 3.31. The van der Waals surface area contributed by atoms with Crippen LogP contribution in [-0.2, 0) is 5.41 Å². The van der Waals surface area contributed by atoms with Gasteiger partial charge in [0.15, 0.2) is 0 Å². The van der Waals surface area contributed by atoms with E-state index in [0.717, 1.165) is 68.5 Å². The molecule has 0 aliphatic carbocycles. The van der Waals surface area contributed by atoms with Crippen LogP contribution in [0.5, 0.6) is 0 Å². The summed E-state index contributed by atoms with van der Waals surface area (Å²) in [4.78, 5) is 11.9. The lowest BCUT2D eigenvalue weighted by Gasteiger charge is -2.38. The molecule has 2 aliphatic rings. The standard InChI is InChI=1S/C21H28ClN5/c1-27-14-7-16(8-15-27)25-20-24-11-6-19(26-20)21(9-12-23-13-10-21)17-4-2-3-5-18(17)22/h2-6,11,16,23H,7-10,12-15H2,1H3,(H,24,25,26). The van der Waals surface area contributed by atoms with E-state index in [9.17, 15) is 0 Å². The van der Waals surface area contributed by atoms with Crippen LogP contribution in [0.4, 0.5) is 5.95 Å². The van der Waals surface area contributed by atoms with Gasteiger partial charge in [0.2, 0.25) is 5.95 Å². The van der Waals surface area contributed by atoms with Crippen LogP contribution in [0.3, 0.4) is 0 Å². The highest BCUT2D eigenvalue weighted by Crippen LogP contribution is 2.42. The lowest BCUT2D eigenvalue weighted by atomic mass is 9.70. The Hall–Kier alpha value is -1.69. The normalized spacial score (nSPS) is 21.1. The predicted molar refractivity (Wildman–Crippen MR) is 111 cm³/mol. The molecule has 2 aromatic rings. The summed E-state index contributed by atoms with van der Waals surface area (Å²) >= 11 is 6.62. The zero-order chi connectivity index (χ0) is 18.7. The van der Waals surface area contributed by atoms with Crippen molar-refractivity contribution in [3.05, 3.63) is 52.8 Å². The maximum absolute atomic E-state index is 6.62. The molecule has 2 N–H and O–H groups in total. The second-order valence-corrected chi connectivity index (χ2v) is 8.21. The molecular formula is C21H28ClN5. The van der Waals surface area contributed by atoms with E-state index in [-0.39, 0.29) is 5.41 Å². The molecule has 0 atom stereocenters. The van der Waals surface area contributed by atoms with Gasteiger partial charge in [-0.25, -0.2) is 9.97 Å². The smallest absolute Gasteiger partial charge is 0.223 e. The minimum absolute atomic E-state index is 0.157. The number of aromatic nitrogens is 2. The molecule has 5 nitrogen and oxygen atoms in total. The van der Waals surface area contributed by atoms with Gasteiger partial charge >= 0.3 is 0 Å². The van der Waals surface area contributed by atoms with Crippen molar-refractivity contribution in [1.82, 2.24) is 20.2 Å². The number of piperidine rings is 2. The van der Waals surface area contributed by atoms with E-state index in [4.69, 9.17) is 16.6 Å². The second-order valence-electron chi connectivity index (χ2n) is 7.80. The number of hydrogen-bond donors (Lipinski definition) is 2. The molecule has 0 amide bonds. The van der Waals surface area contributed by atoms with Crippen molar-refractivity contribution in [1.29, 1.82) is 0 Å². The third-order valence-electron chi connectivity index (χ3n) is 6.04. The third-order valence-corrected chi connectivity index (χ3v) is 6.37. The average molecular weight is 386 g/mol. The third kappa shape index (κ3) is 3.96. The number of nitrogens with one attached hydrogen (secondary N) is 2. The van der Waals surface area contributed by atoms with Crippen molar-refractivity contribution in [2.24, 2.45) is 0 Å². The van der Waals surface area contributed by atoms with Crippen molar-refractivity contribution in [2.45, 2.75) is 37.1 Å². The van der Waals surface area contributed by atoms with Gasteiger partial charge < -0.3 is 15.5 Å². The molecule has 2 aliphatic heterocycles. The summed E-state index contributed by atoms with van der Waals surface area (Å²) in [5.41, 5.74) is 2.09. The summed E-state index contributed by atoms with van der Waals surface area (Å²) in [5.74, 6) is 0.743. The van der Waals surface area contributed by atoms with Crippen molar-refractivity contribution in [3.63, 3.8) is 0 Å². The SMILES string of the molecule is CN1CCC(Nc2nccc(C3(c4ccccc4Cl)CCNCC3)n2)CC1. The average Bonchev–Trinajstić information content (AvgIpc) is 2.71. The topological polar surface area (TPSA) is 53.1 Å². The lowest BCUT2D eigenvalue weighted by molar-refractivity contribution is 0.263. The van der Waals surface area contributed by atoms with E-state index < -0.39 is 0 Å². The highest BCUT2D eigenvalue weighted by Gasteiger charge is 2.38. The molecule has 2 saturated heterocycles. The molecule has 1 aromatic heterocycles.